The lowest BCUT2D eigenvalue weighted by molar-refractivity contribution is -0.152. The van der Waals surface area contributed by atoms with Gasteiger partial charge in [-0.25, -0.2) is 22.3 Å². The van der Waals surface area contributed by atoms with E-state index < -0.39 is 44.3 Å². The third-order valence-electron chi connectivity index (χ3n) is 5.74. The van der Waals surface area contributed by atoms with Crippen LogP contribution in [0, 0.1) is 0 Å². The molecule has 38 heavy (non-hydrogen) atoms. The van der Waals surface area contributed by atoms with Crippen molar-refractivity contribution in [3.8, 4) is 5.75 Å². The van der Waals surface area contributed by atoms with Gasteiger partial charge in [0, 0.05) is 37.8 Å². The number of anilines is 1. The average Bonchev–Trinajstić information content (AvgIpc) is 3.24. The van der Waals surface area contributed by atoms with Gasteiger partial charge in [0.15, 0.2) is 5.78 Å². The van der Waals surface area contributed by atoms with E-state index in [1.807, 2.05) is 13.8 Å². The molecule has 0 radical (unpaired) electrons. The van der Waals surface area contributed by atoms with Gasteiger partial charge in [0.2, 0.25) is 5.54 Å². The lowest BCUT2D eigenvalue weighted by Gasteiger charge is -2.39. The summed E-state index contributed by atoms with van der Waals surface area (Å²) in [5, 5.41) is 2.31. The van der Waals surface area contributed by atoms with Gasteiger partial charge in [-0.3, -0.25) is 15.1 Å². The number of thioether (sulfide) groups is 1. The van der Waals surface area contributed by atoms with Gasteiger partial charge in [-0.1, -0.05) is 0 Å². The predicted octanol–water partition coefficient (Wildman–Crippen LogP) is 2.67. The zero-order valence-electron chi connectivity index (χ0n) is 22.1. The van der Waals surface area contributed by atoms with E-state index in [1.54, 1.807) is 6.92 Å². The number of benzene rings is 1. The topological polar surface area (TPSA) is 135 Å². The summed E-state index contributed by atoms with van der Waals surface area (Å²) in [5.41, 5.74) is -2.71. The van der Waals surface area contributed by atoms with Crippen LogP contribution in [0.25, 0.3) is 0 Å². The molecule has 0 aliphatic carbocycles. The zero-order chi connectivity index (χ0) is 28.3. The minimum Gasteiger partial charge on any atom is -0.464 e. The van der Waals surface area contributed by atoms with E-state index in [0.29, 0.717) is 5.75 Å². The number of hydrogen-bond donors (Lipinski definition) is 1. The van der Waals surface area contributed by atoms with Crippen molar-refractivity contribution in [1.82, 2.24) is 15.2 Å². The van der Waals surface area contributed by atoms with E-state index in [1.165, 1.54) is 80.3 Å². The smallest absolute Gasteiger partial charge is 0.414 e. The quantitative estimate of drug-likeness (QED) is 0.358. The van der Waals surface area contributed by atoms with Gasteiger partial charge in [-0.15, -0.1) is 11.8 Å². The molecule has 2 heterocycles. The molecule has 1 N–H and O–H groups in total. The van der Waals surface area contributed by atoms with Crippen molar-refractivity contribution in [2.45, 2.75) is 49.0 Å². The number of nitrogens with zero attached hydrogens (tertiary/aromatic N) is 3. The Kier molecular flexibility index (Phi) is 8.74. The molecule has 0 bridgehead atoms. The second kappa shape index (κ2) is 11.3. The number of rotatable bonds is 9. The Hall–Kier alpha value is -3.16. The highest BCUT2D eigenvalue weighted by Crippen LogP contribution is 2.38. The first-order valence-electron chi connectivity index (χ1n) is 11.8. The van der Waals surface area contributed by atoms with Crippen LogP contribution in [-0.4, -0.2) is 79.1 Å². The first kappa shape index (κ1) is 29.4. The summed E-state index contributed by atoms with van der Waals surface area (Å²) in [6.45, 7) is 6.56. The van der Waals surface area contributed by atoms with Gasteiger partial charge in [0.1, 0.15) is 16.0 Å². The Balaban J connectivity index is 2.20. The highest BCUT2D eigenvalue weighted by atomic mass is 32.2. The van der Waals surface area contributed by atoms with E-state index in [4.69, 9.17) is 9.47 Å². The Bertz CT molecular complexity index is 1280. The zero-order valence-corrected chi connectivity index (χ0v) is 23.8. The van der Waals surface area contributed by atoms with Crippen molar-refractivity contribution in [3.63, 3.8) is 0 Å². The number of ether oxygens (including phenoxy) is 2. The van der Waals surface area contributed by atoms with Crippen LogP contribution >= 0.6 is 11.8 Å². The molecule has 1 aromatic heterocycles. The van der Waals surface area contributed by atoms with Crippen molar-refractivity contribution >= 4 is 45.3 Å². The molecule has 11 nitrogen and oxygen atoms in total. The van der Waals surface area contributed by atoms with E-state index in [9.17, 15) is 22.8 Å². The maximum Gasteiger partial charge on any atom is 0.414 e. The molecular formula is C25H32N4O7S2. The molecule has 13 heteroatoms. The number of Topliss-reactive ketones (excluding diaryl/α,β-unsaturated/α-hetero) is 1. The first-order valence-corrected chi connectivity index (χ1v) is 14.3. The number of nitrogens with one attached hydrogen (secondary N) is 1. The molecule has 2 aromatic rings. The van der Waals surface area contributed by atoms with Crippen molar-refractivity contribution in [3.05, 3.63) is 48.8 Å². The van der Waals surface area contributed by atoms with Crippen LogP contribution in [0.15, 0.2) is 53.7 Å². The van der Waals surface area contributed by atoms with Crippen molar-refractivity contribution in [2.24, 2.45) is 0 Å². The number of esters is 1. The number of ketones is 1. The molecular weight excluding hydrogens is 532 g/mol. The van der Waals surface area contributed by atoms with Gasteiger partial charge >= 0.3 is 12.1 Å². The highest BCUT2D eigenvalue weighted by molar-refractivity contribution is 8.01. The lowest BCUT2D eigenvalue weighted by Crippen LogP contribution is -2.64. The van der Waals surface area contributed by atoms with E-state index in [2.05, 4.69) is 10.3 Å². The third-order valence-corrected chi connectivity index (χ3v) is 9.19. The molecule has 2 atom stereocenters. The monoisotopic (exact) mass is 564 g/mol. The normalized spacial score (nSPS) is 18.2. The van der Waals surface area contributed by atoms with Gasteiger partial charge in [-0.2, -0.15) is 0 Å². The molecule has 206 valence electrons. The average molecular weight is 565 g/mol. The van der Waals surface area contributed by atoms with Crippen LogP contribution in [0.4, 0.5) is 10.5 Å². The summed E-state index contributed by atoms with van der Waals surface area (Å²) in [6.07, 6.45) is 1.92. The number of pyridine rings is 1. The van der Waals surface area contributed by atoms with Crippen LogP contribution in [0.5, 0.6) is 5.75 Å². The molecule has 0 spiro atoms. The molecule has 1 aliphatic heterocycles. The molecule has 1 amide bonds. The number of carbonyl (C=O) groups excluding carboxylic acids is 3. The SMILES string of the molecule is CCOC(=O)[C@@](C)(C(=O)[C@H]1NC(C)(C)CS1)N(c1ccc(OC(=O)N(C)C)cc1)S(=O)(=O)c1cccnc1. The Morgan fingerprint density at radius 1 is 1.18 bits per heavy atom. The number of hydrogen-bond acceptors (Lipinski definition) is 10. The molecule has 1 aliphatic rings. The second-order valence-electron chi connectivity index (χ2n) is 9.59. The number of amides is 1. The molecule has 0 unspecified atom stereocenters. The molecule has 0 saturated carbocycles. The largest absolute Gasteiger partial charge is 0.464 e. The van der Waals surface area contributed by atoms with Gasteiger partial charge in [-0.05, 0) is 64.1 Å². The summed E-state index contributed by atoms with van der Waals surface area (Å²) in [7, 11) is -1.49. The van der Waals surface area contributed by atoms with Crippen molar-refractivity contribution < 1.29 is 32.3 Å². The third kappa shape index (κ3) is 5.94. The summed E-state index contributed by atoms with van der Waals surface area (Å²) in [6, 6.07) is 8.24. The Labute approximate surface area is 226 Å². The maximum atomic E-state index is 14.1. The molecule has 1 saturated heterocycles. The van der Waals surface area contributed by atoms with Crippen LogP contribution < -0.4 is 14.4 Å². The Morgan fingerprint density at radius 2 is 1.84 bits per heavy atom. The minimum absolute atomic E-state index is 0.00957. The van der Waals surface area contributed by atoms with Gasteiger partial charge in [0.25, 0.3) is 10.0 Å². The lowest BCUT2D eigenvalue weighted by atomic mass is 9.94. The van der Waals surface area contributed by atoms with Crippen LogP contribution in [0.2, 0.25) is 0 Å². The minimum atomic E-state index is -4.53. The van der Waals surface area contributed by atoms with Crippen molar-refractivity contribution in [1.29, 1.82) is 0 Å². The van der Waals surface area contributed by atoms with E-state index in [0.717, 1.165) is 10.5 Å². The molecule has 3 rings (SSSR count). The maximum absolute atomic E-state index is 14.1. The highest BCUT2D eigenvalue weighted by Gasteiger charge is 2.57. The first-order chi connectivity index (χ1) is 17.7. The number of aromatic nitrogens is 1. The fraction of sp³-hybridized carbons (Fsp3) is 0.440. The second-order valence-corrected chi connectivity index (χ2v) is 12.5. The fourth-order valence-electron chi connectivity index (χ4n) is 3.77. The Morgan fingerprint density at radius 3 is 2.34 bits per heavy atom. The summed E-state index contributed by atoms with van der Waals surface area (Å²) in [5.74, 6) is -0.983. The van der Waals surface area contributed by atoms with Gasteiger partial charge in [0.05, 0.1) is 12.3 Å². The fourth-order valence-corrected chi connectivity index (χ4v) is 6.92. The van der Waals surface area contributed by atoms with Crippen LogP contribution in [-0.2, 0) is 24.3 Å². The number of carbonyl (C=O) groups is 3. The van der Waals surface area contributed by atoms with Crippen LogP contribution in [0.1, 0.15) is 27.7 Å². The summed E-state index contributed by atoms with van der Waals surface area (Å²) >= 11 is 1.29. The summed E-state index contributed by atoms with van der Waals surface area (Å²) < 4.78 is 39.5. The van der Waals surface area contributed by atoms with Gasteiger partial charge < -0.3 is 14.4 Å². The number of sulfonamides is 1. The molecule has 1 aromatic carbocycles. The summed E-state index contributed by atoms with van der Waals surface area (Å²) in [4.78, 5) is 44.5. The van der Waals surface area contributed by atoms with Crippen LogP contribution in [0.3, 0.4) is 0 Å². The predicted molar refractivity (Wildman–Crippen MR) is 144 cm³/mol. The van der Waals surface area contributed by atoms with E-state index >= 15 is 0 Å². The van der Waals surface area contributed by atoms with Crippen molar-refractivity contribution in [2.75, 3.05) is 30.8 Å². The van der Waals surface area contributed by atoms with E-state index in [-0.39, 0.29) is 22.9 Å². The molecule has 1 fully saturated rings. The standard InChI is InChI=1S/C25H32N4O7S2/c1-7-35-22(31)25(4,20(30)21-27-24(2,3)16-37-21)29(38(33,34)19-9-8-14-26-15-19)17-10-12-18(13-11-17)36-23(32)28(5)6/h8-15,21,27H,7,16H2,1-6H3/t21-,25+/m0/s1.